The van der Waals surface area contributed by atoms with E-state index in [2.05, 4.69) is 20.4 Å². The van der Waals surface area contributed by atoms with Crippen LogP contribution in [0.15, 0.2) is 12.2 Å². The zero-order chi connectivity index (χ0) is 22.3. The smallest absolute Gasteiger partial charge is 0.303 e. The van der Waals surface area contributed by atoms with E-state index in [1.807, 2.05) is 0 Å². The summed E-state index contributed by atoms with van der Waals surface area (Å²) < 4.78 is 21.4. The van der Waals surface area contributed by atoms with E-state index in [1.165, 1.54) is 19.4 Å². The fraction of sp³-hybridized carbons (Fsp3) is 0.826. The summed E-state index contributed by atoms with van der Waals surface area (Å²) in [7, 11) is 0. The molecular weight excluding hydrogens is 404 g/mol. The van der Waals surface area contributed by atoms with Gasteiger partial charge < -0.3 is 19.1 Å². The number of fused-ring (bicyclic) bond motifs is 1. The fourth-order valence-corrected chi connectivity index (χ4v) is 7.85. The van der Waals surface area contributed by atoms with Crippen LogP contribution < -0.4 is 0 Å². The number of rotatable bonds is 5. The van der Waals surface area contributed by atoms with E-state index in [-0.39, 0.29) is 34.5 Å². The van der Waals surface area contributed by atoms with Crippen molar-refractivity contribution in [3.8, 4) is 0 Å². The van der Waals surface area contributed by atoms with Gasteiger partial charge in [0.15, 0.2) is 0 Å². The van der Waals surface area contributed by atoms with Crippen LogP contribution in [0.4, 0.5) is 0 Å². The summed E-state index contributed by atoms with van der Waals surface area (Å²) in [6, 6.07) is 0. The van der Waals surface area contributed by atoms with Crippen molar-refractivity contribution >= 4 is 24.0 Å². The maximum atomic E-state index is 11.8. The van der Waals surface area contributed by atoms with Gasteiger partial charge in [-0.25, -0.2) is 0 Å². The van der Waals surface area contributed by atoms with Crippen molar-refractivity contribution in [3.63, 3.8) is 0 Å². The molecule has 6 nitrogen and oxygen atoms in total. The minimum absolute atomic E-state index is 0.0327. The quantitative estimate of drug-likeness (QED) is 0.376. The van der Waals surface area contributed by atoms with Gasteiger partial charge in [0.1, 0.15) is 12.2 Å². The van der Waals surface area contributed by atoms with Crippen molar-refractivity contribution in [1.29, 1.82) is 0 Å². The van der Waals surface area contributed by atoms with Gasteiger partial charge >= 0.3 is 11.9 Å². The van der Waals surface area contributed by atoms with E-state index >= 15 is 0 Å². The van der Waals surface area contributed by atoms with Crippen LogP contribution in [-0.4, -0.2) is 45.7 Å². The molecule has 0 spiro atoms. The standard InChI is InChI=1S/C23H36O6S/c1-13-6-7-17-21(30-27)18(8-9-22(13,17)4)23(5)11-20(29-15(3)26)19(28-14(2)25)10-16(23)12-24/h16-21,24,27H,1,6-12H2,2-5H3/t16-,17?,18?,19+,20-,21+,22-,23+/m1/s1. The van der Waals surface area contributed by atoms with Gasteiger partial charge in [-0.1, -0.05) is 26.0 Å². The SMILES string of the molecule is C=C1CCC2[C@H](SO)C([C@@]3(C)C[C@@H](OC(C)=O)[C@@H](OC(C)=O)C[C@@H]3CO)CC[C@]12C. The molecule has 2 unspecified atom stereocenters. The van der Waals surface area contributed by atoms with Crippen molar-refractivity contribution in [2.75, 3.05) is 6.61 Å². The molecular formula is C23H36O6S. The van der Waals surface area contributed by atoms with Crippen LogP contribution in [0.5, 0.6) is 0 Å². The van der Waals surface area contributed by atoms with Crippen molar-refractivity contribution in [1.82, 2.24) is 0 Å². The molecule has 2 N–H and O–H groups in total. The van der Waals surface area contributed by atoms with Crippen LogP contribution in [0.2, 0.25) is 0 Å². The largest absolute Gasteiger partial charge is 0.459 e. The highest BCUT2D eigenvalue weighted by molar-refractivity contribution is 7.94. The van der Waals surface area contributed by atoms with Gasteiger partial charge in [0, 0.05) is 25.7 Å². The molecule has 0 aromatic carbocycles. The Morgan fingerprint density at radius 2 is 1.77 bits per heavy atom. The van der Waals surface area contributed by atoms with Gasteiger partial charge in [0.25, 0.3) is 0 Å². The third-order valence-electron chi connectivity index (χ3n) is 8.48. The van der Waals surface area contributed by atoms with Crippen LogP contribution >= 0.6 is 12.0 Å². The topological polar surface area (TPSA) is 93.1 Å². The lowest BCUT2D eigenvalue weighted by molar-refractivity contribution is -0.185. The fourth-order valence-electron chi connectivity index (χ4n) is 6.68. The molecule has 0 aromatic rings. The molecule has 8 atom stereocenters. The maximum Gasteiger partial charge on any atom is 0.303 e. The van der Waals surface area contributed by atoms with Crippen LogP contribution in [0.1, 0.15) is 66.2 Å². The van der Waals surface area contributed by atoms with Crippen LogP contribution in [0, 0.1) is 28.6 Å². The summed E-state index contributed by atoms with van der Waals surface area (Å²) >= 11 is 0.946. The first kappa shape index (κ1) is 23.6. The van der Waals surface area contributed by atoms with Gasteiger partial charge in [0.05, 0.1) is 0 Å². The third kappa shape index (κ3) is 4.05. The molecule has 30 heavy (non-hydrogen) atoms. The van der Waals surface area contributed by atoms with E-state index < -0.39 is 24.1 Å². The summed E-state index contributed by atoms with van der Waals surface area (Å²) in [5.41, 5.74) is 0.980. The Bertz CT molecular complexity index is 695. The average molecular weight is 441 g/mol. The lowest BCUT2D eigenvalue weighted by Gasteiger charge is -2.56. The van der Waals surface area contributed by atoms with Gasteiger partial charge in [-0.3, -0.25) is 9.59 Å². The number of aliphatic hydroxyl groups is 1. The molecule has 0 aliphatic heterocycles. The number of ether oxygens (including phenoxy) is 2. The molecule has 3 fully saturated rings. The number of allylic oxidation sites excluding steroid dienone is 1. The van der Waals surface area contributed by atoms with Crippen LogP contribution in [-0.2, 0) is 19.1 Å². The van der Waals surface area contributed by atoms with Crippen molar-refractivity contribution in [2.24, 2.45) is 28.6 Å². The number of carbonyl (C=O) groups is 2. The lowest BCUT2D eigenvalue weighted by Crippen LogP contribution is -2.56. The summed E-state index contributed by atoms with van der Waals surface area (Å²) in [5.74, 6) is -0.432. The van der Waals surface area contributed by atoms with Crippen molar-refractivity contribution in [2.45, 2.75) is 83.7 Å². The second kappa shape index (κ2) is 8.83. The minimum Gasteiger partial charge on any atom is -0.459 e. The Morgan fingerprint density at radius 1 is 1.13 bits per heavy atom. The number of hydrogen-bond donors (Lipinski definition) is 2. The zero-order valence-corrected chi connectivity index (χ0v) is 19.4. The molecule has 170 valence electrons. The monoisotopic (exact) mass is 440 g/mol. The van der Waals surface area contributed by atoms with Gasteiger partial charge in [-0.2, -0.15) is 0 Å². The summed E-state index contributed by atoms with van der Waals surface area (Å²) in [5, 5.41) is 10.3. The first-order valence-corrected chi connectivity index (χ1v) is 11.8. The average Bonchev–Trinajstić information content (AvgIpc) is 2.97. The van der Waals surface area contributed by atoms with Gasteiger partial charge in [0.2, 0.25) is 0 Å². The Morgan fingerprint density at radius 3 is 2.33 bits per heavy atom. The van der Waals surface area contributed by atoms with Gasteiger partial charge in [-0.15, -0.1) is 0 Å². The first-order chi connectivity index (χ1) is 14.1. The molecule has 3 aliphatic carbocycles. The number of hydrogen-bond acceptors (Lipinski definition) is 7. The molecule has 0 aromatic heterocycles. The molecule has 3 aliphatic rings. The summed E-state index contributed by atoms with van der Waals surface area (Å²) in [6.07, 6.45) is 3.79. The molecule has 0 saturated heterocycles. The first-order valence-electron chi connectivity index (χ1n) is 11.0. The van der Waals surface area contributed by atoms with E-state index in [9.17, 15) is 19.2 Å². The molecule has 7 heteroatoms. The highest BCUT2D eigenvalue weighted by atomic mass is 32.2. The second-order valence-electron chi connectivity index (χ2n) is 10.0. The molecule has 3 rings (SSSR count). The second-order valence-corrected chi connectivity index (χ2v) is 10.8. The Labute approximate surface area is 184 Å². The number of carbonyl (C=O) groups excluding carboxylic acids is 2. The van der Waals surface area contributed by atoms with Crippen molar-refractivity contribution in [3.05, 3.63) is 12.2 Å². The third-order valence-corrected chi connectivity index (χ3v) is 9.38. The Kier molecular flexibility index (Phi) is 6.95. The molecule has 0 heterocycles. The lowest BCUT2D eigenvalue weighted by atomic mass is 9.52. The molecule has 0 radical (unpaired) electrons. The normalized spacial score (nSPS) is 43.7. The van der Waals surface area contributed by atoms with Crippen LogP contribution in [0.25, 0.3) is 0 Å². The zero-order valence-electron chi connectivity index (χ0n) is 18.6. The molecule has 3 saturated carbocycles. The molecule has 0 bridgehead atoms. The van der Waals surface area contributed by atoms with E-state index in [0.29, 0.717) is 18.8 Å². The highest BCUT2D eigenvalue weighted by Gasteiger charge is 2.59. The highest BCUT2D eigenvalue weighted by Crippen LogP contribution is 2.63. The predicted molar refractivity (Wildman–Crippen MR) is 116 cm³/mol. The van der Waals surface area contributed by atoms with Crippen LogP contribution in [0.3, 0.4) is 0 Å². The van der Waals surface area contributed by atoms with E-state index in [4.69, 9.17) is 9.47 Å². The summed E-state index contributed by atoms with van der Waals surface area (Å²) in [4.78, 5) is 23.4. The summed E-state index contributed by atoms with van der Waals surface area (Å²) in [6.45, 7) is 11.4. The predicted octanol–water partition coefficient (Wildman–Crippen LogP) is 4.22. The Balaban J connectivity index is 1.92. The van der Waals surface area contributed by atoms with Crippen molar-refractivity contribution < 1.29 is 28.7 Å². The van der Waals surface area contributed by atoms with Gasteiger partial charge in [-0.05, 0) is 79.2 Å². The maximum absolute atomic E-state index is 11.8. The molecule has 0 amide bonds. The minimum atomic E-state index is -0.558. The number of esters is 2. The Hall–Kier alpha value is -1.05. The number of aliphatic hydroxyl groups excluding tert-OH is 1. The van der Waals surface area contributed by atoms with E-state index in [1.54, 1.807) is 0 Å². The van der Waals surface area contributed by atoms with E-state index in [0.717, 1.165) is 37.7 Å².